The molecule has 0 saturated carbocycles. The quantitative estimate of drug-likeness (QED) is 0.109. The molecule has 7 aromatic rings. The second-order valence-corrected chi connectivity index (χ2v) is 15.6. The van der Waals surface area contributed by atoms with Crippen LogP contribution in [0.15, 0.2) is 206 Å². The van der Waals surface area contributed by atoms with E-state index in [2.05, 4.69) is 229 Å². The van der Waals surface area contributed by atoms with E-state index in [1.807, 2.05) is 0 Å². The lowest BCUT2D eigenvalue weighted by Gasteiger charge is -2.52. The first-order chi connectivity index (χ1) is 27.6. The summed E-state index contributed by atoms with van der Waals surface area (Å²) in [6.07, 6.45) is -1.22. The van der Waals surface area contributed by atoms with E-state index in [1.54, 1.807) is 0 Å². The molecular formula is C52H48B2O2. The van der Waals surface area contributed by atoms with E-state index >= 15 is 0 Å². The minimum absolute atomic E-state index is 0.878. The van der Waals surface area contributed by atoms with Crippen molar-refractivity contribution >= 4 is 56.6 Å². The van der Waals surface area contributed by atoms with Crippen LogP contribution in [0.1, 0.15) is 35.1 Å². The van der Waals surface area contributed by atoms with Crippen LogP contribution in [-0.2, 0) is 8.57 Å². The van der Waals surface area contributed by atoms with Gasteiger partial charge in [0.2, 0.25) is 0 Å². The van der Waals surface area contributed by atoms with Crippen LogP contribution in [0.2, 0.25) is 0 Å². The topological polar surface area (TPSA) is 5.40 Å². The summed E-state index contributed by atoms with van der Waals surface area (Å²) < 4.78 is 7.44. The summed E-state index contributed by atoms with van der Waals surface area (Å²) in [6.45, 7) is 1.76. The highest BCUT2D eigenvalue weighted by molar-refractivity contribution is 7.13. The highest BCUT2D eigenvalue weighted by Crippen LogP contribution is 2.45. The first-order valence-corrected chi connectivity index (χ1v) is 20.1. The monoisotopic (exact) mass is 726 g/mol. The Bertz CT molecular complexity index is 2210. The van der Waals surface area contributed by atoms with Crippen molar-refractivity contribution in [2.24, 2.45) is 0 Å². The van der Waals surface area contributed by atoms with Crippen LogP contribution in [0.3, 0.4) is 0 Å². The highest BCUT2D eigenvalue weighted by atomic mass is 16.6. The van der Waals surface area contributed by atoms with Gasteiger partial charge in [0.25, 0.3) is 0 Å². The van der Waals surface area contributed by atoms with Gasteiger partial charge in [-0.25, -0.2) is 0 Å². The van der Waals surface area contributed by atoms with Crippen LogP contribution in [0.4, 0.5) is 0 Å². The lowest BCUT2D eigenvalue weighted by Crippen LogP contribution is -2.68. The van der Waals surface area contributed by atoms with Gasteiger partial charge in [-0.2, -0.15) is 0 Å². The Morgan fingerprint density at radius 2 is 0.554 bits per heavy atom. The molecule has 7 aromatic carbocycles. The summed E-state index contributed by atoms with van der Waals surface area (Å²) in [5, 5.41) is 0. The fraction of sp³-hybridized carbons (Fsp3) is 0.115. The Balaban J connectivity index is 1.29. The van der Waals surface area contributed by atoms with Crippen molar-refractivity contribution in [3.63, 3.8) is 0 Å². The molecule has 0 unspecified atom stereocenters. The Morgan fingerprint density at radius 1 is 0.304 bits per heavy atom. The smallest absolute Gasteiger partial charge is 0.377 e. The van der Waals surface area contributed by atoms with E-state index < -0.39 is 12.7 Å². The summed E-state index contributed by atoms with van der Waals surface area (Å²) in [5.41, 5.74) is 15.9. The van der Waals surface area contributed by atoms with E-state index in [9.17, 15) is 0 Å². The SMILES string of the molecule is C[O+]1CCC(c2ccc(C3=C(c4ccccc4)[B-](c4ccccc4)(c4ccccc4)[O+](C)CC3)cc2)=C(c2ccccc2)[B-]1(c1ccccc1)c1ccccc1. The van der Waals surface area contributed by atoms with Crippen molar-refractivity contribution < 1.29 is 8.57 Å². The van der Waals surface area contributed by atoms with Crippen molar-refractivity contribution in [2.45, 2.75) is 12.8 Å². The van der Waals surface area contributed by atoms with Crippen molar-refractivity contribution in [2.75, 3.05) is 27.4 Å². The van der Waals surface area contributed by atoms with Crippen LogP contribution in [0.5, 0.6) is 0 Å². The number of hydrogen-bond acceptors (Lipinski definition) is 0. The lowest BCUT2D eigenvalue weighted by molar-refractivity contribution is 0.0581. The molecule has 0 spiro atoms. The van der Waals surface area contributed by atoms with Gasteiger partial charge in [0.05, 0.1) is 14.2 Å². The number of benzene rings is 7. The summed E-state index contributed by atoms with van der Waals surface area (Å²) in [6, 6.07) is 76.3. The molecule has 0 aliphatic carbocycles. The first-order valence-electron chi connectivity index (χ1n) is 20.1. The van der Waals surface area contributed by atoms with Gasteiger partial charge in [-0.15, -0.1) is 32.8 Å². The van der Waals surface area contributed by atoms with E-state index in [4.69, 9.17) is 0 Å². The van der Waals surface area contributed by atoms with E-state index in [1.165, 1.54) is 66.2 Å². The predicted octanol–water partition coefficient (Wildman–Crippen LogP) is 9.28. The molecule has 0 fully saturated rings. The third-order valence-corrected chi connectivity index (χ3v) is 12.8. The molecular weight excluding hydrogens is 678 g/mol. The lowest BCUT2D eigenvalue weighted by atomic mass is 9.25. The van der Waals surface area contributed by atoms with Crippen molar-refractivity contribution in [1.82, 2.24) is 0 Å². The molecule has 2 nitrogen and oxygen atoms in total. The van der Waals surface area contributed by atoms with Crippen LogP contribution >= 0.6 is 0 Å². The maximum atomic E-state index is 3.72. The standard InChI is InChI=1S/C52H48B2O2/c1-55-39-37-49(51(43-21-9-3-10-22-43)53(55,45-25-13-5-14-26-45)46-27-15-6-16-28-46)41-33-35-42(36-34-41)50-38-40-56(2)54(47-29-17-7-18-30-47,48-31-19-8-20-32-48)52(50)44-23-11-4-12-24-44/h3-36H,37-40H2,1-2H3. The largest absolute Gasteiger partial charge is 0.662 e. The molecule has 0 radical (unpaired) electrons. The van der Waals surface area contributed by atoms with Crippen LogP contribution in [0.25, 0.3) is 22.1 Å². The first kappa shape index (κ1) is 35.8. The molecule has 2 heterocycles. The van der Waals surface area contributed by atoms with Gasteiger partial charge < -0.3 is 8.57 Å². The van der Waals surface area contributed by atoms with Gasteiger partial charge in [-0.1, -0.05) is 229 Å². The Hall–Kier alpha value is -5.93. The predicted molar refractivity (Wildman–Crippen MR) is 242 cm³/mol. The third kappa shape index (κ3) is 5.93. The van der Waals surface area contributed by atoms with Gasteiger partial charge >= 0.3 is 12.7 Å². The van der Waals surface area contributed by atoms with E-state index in [0.29, 0.717) is 0 Å². The average molecular weight is 727 g/mol. The van der Waals surface area contributed by atoms with Gasteiger partial charge in [0.15, 0.2) is 0 Å². The highest BCUT2D eigenvalue weighted by Gasteiger charge is 2.50. The Kier molecular flexibility index (Phi) is 9.77. The molecule has 274 valence electrons. The Morgan fingerprint density at radius 3 is 0.821 bits per heavy atom. The molecule has 2 aliphatic heterocycles. The minimum Gasteiger partial charge on any atom is -0.662 e. The van der Waals surface area contributed by atoms with Crippen molar-refractivity contribution in [3.8, 4) is 0 Å². The molecule has 0 N–H and O–H groups in total. The normalized spacial score (nSPS) is 17.2. The second-order valence-electron chi connectivity index (χ2n) is 15.6. The molecule has 0 atom stereocenters. The Labute approximate surface area is 332 Å². The van der Waals surface area contributed by atoms with Crippen LogP contribution in [-0.4, -0.2) is 40.1 Å². The minimum atomic E-state index is -1.54. The maximum absolute atomic E-state index is 3.72. The average Bonchev–Trinajstić information content (AvgIpc) is 3.28. The summed E-state index contributed by atoms with van der Waals surface area (Å²) in [4.78, 5) is 0. The van der Waals surface area contributed by atoms with Crippen LogP contribution in [0, 0.1) is 0 Å². The molecule has 0 saturated heterocycles. The zero-order valence-electron chi connectivity index (χ0n) is 32.4. The fourth-order valence-corrected chi connectivity index (χ4v) is 10.4. The van der Waals surface area contributed by atoms with E-state index in [0.717, 1.165) is 26.1 Å². The van der Waals surface area contributed by atoms with Crippen molar-refractivity contribution in [3.05, 3.63) is 229 Å². The number of rotatable bonds is 8. The summed E-state index contributed by atoms with van der Waals surface area (Å²) in [7, 11) is 4.48. The molecule has 56 heavy (non-hydrogen) atoms. The summed E-state index contributed by atoms with van der Waals surface area (Å²) in [5.74, 6) is 0. The third-order valence-electron chi connectivity index (χ3n) is 12.8. The zero-order chi connectivity index (χ0) is 38.0. The fourth-order valence-electron chi connectivity index (χ4n) is 10.4. The van der Waals surface area contributed by atoms with Gasteiger partial charge in [-0.3, -0.25) is 0 Å². The summed E-state index contributed by atoms with van der Waals surface area (Å²) >= 11 is 0. The number of hydrogen-bond donors (Lipinski definition) is 0. The molecule has 0 aromatic heterocycles. The van der Waals surface area contributed by atoms with Gasteiger partial charge in [-0.05, 0) is 11.1 Å². The second kappa shape index (κ2) is 15.3. The van der Waals surface area contributed by atoms with Gasteiger partial charge in [0.1, 0.15) is 13.2 Å². The van der Waals surface area contributed by atoms with E-state index in [-0.39, 0.29) is 0 Å². The molecule has 0 amide bonds. The van der Waals surface area contributed by atoms with Gasteiger partial charge in [0, 0.05) is 12.8 Å². The molecule has 4 heteroatoms. The van der Waals surface area contributed by atoms with Crippen molar-refractivity contribution in [1.29, 1.82) is 0 Å². The maximum Gasteiger partial charge on any atom is 0.377 e. The molecule has 0 bridgehead atoms. The molecule has 2 aliphatic rings. The van der Waals surface area contributed by atoms with Crippen LogP contribution < -0.4 is 21.9 Å². The zero-order valence-corrected chi connectivity index (χ0v) is 32.4. The molecule has 9 rings (SSSR count).